The fourth-order valence-electron chi connectivity index (χ4n) is 7.57. The summed E-state index contributed by atoms with van der Waals surface area (Å²) in [6.45, 7) is 3.05. The number of alkyl halides is 1. The van der Waals surface area contributed by atoms with Gasteiger partial charge in [-0.15, -0.1) is 11.6 Å². The molecule has 0 radical (unpaired) electrons. The highest BCUT2D eigenvalue weighted by atomic mass is 35.5. The topological polar surface area (TPSA) is 78.0 Å². The van der Waals surface area contributed by atoms with Gasteiger partial charge < -0.3 is 10.1 Å². The lowest BCUT2D eigenvalue weighted by Crippen LogP contribution is -2.55. The Morgan fingerprint density at radius 1 is 1.09 bits per heavy atom. The molecular weight excluding hydrogens is 462 g/mol. The Balaban J connectivity index is 1.38. The first-order valence-electron chi connectivity index (χ1n) is 14.3. The van der Waals surface area contributed by atoms with E-state index in [0.717, 1.165) is 51.5 Å². The summed E-state index contributed by atoms with van der Waals surface area (Å²) in [6, 6.07) is 0.334. The summed E-state index contributed by atoms with van der Waals surface area (Å²) in [5.41, 5.74) is 8.35. The molecule has 7 nitrogen and oxygen atoms in total. The Hall–Kier alpha value is -0.730. The Morgan fingerprint density at radius 3 is 2.60 bits per heavy atom. The van der Waals surface area contributed by atoms with Gasteiger partial charge >= 0.3 is 0 Å². The SMILES string of the molecule is COC1CCC2C(C1)C(C1CCC(Cl)CC1)=N[C@@H](CC(=O)NCC1CCCCC1)C1NNC(C)N21. The Morgan fingerprint density at radius 2 is 1.86 bits per heavy atom. The summed E-state index contributed by atoms with van der Waals surface area (Å²) in [4.78, 5) is 21.3. The summed E-state index contributed by atoms with van der Waals surface area (Å²) in [5.74, 6) is 1.65. The van der Waals surface area contributed by atoms with Gasteiger partial charge in [-0.3, -0.25) is 14.7 Å². The number of hydrogen-bond donors (Lipinski definition) is 3. The van der Waals surface area contributed by atoms with Gasteiger partial charge in [0.1, 0.15) is 0 Å². The predicted octanol–water partition coefficient (Wildman–Crippen LogP) is 3.96. The van der Waals surface area contributed by atoms with Gasteiger partial charge in [0.05, 0.1) is 30.9 Å². The molecular formula is C27H46ClN5O2. The molecule has 0 aromatic carbocycles. The van der Waals surface area contributed by atoms with Gasteiger partial charge in [-0.2, -0.15) is 0 Å². The maximum atomic E-state index is 13.2. The Bertz CT molecular complexity index is 752. The van der Waals surface area contributed by atoms with Crippen LogP contribution in [-0.4, -0.2) is 66.1 Å². The summed E-state index contributed by atoms with van der Waals surface area (Å²) >= 11 is 6.49. The van der Waals surface area contributed by atoms with Crippen LogP contribution in [0.1, 0.15) is 90.4 Å². The van der Waals surface area contributed by atoms with Crippen molar-refractivity contribution in [2.24, 2.45) is 22.7 Å². The van der Waals surface area contributed by atoms with Gasteiger partial charge in [0.15, 0.2) is 0 Å². The lowest BCUT2D eigenvalue weighted by atomic mass is 9.72. The van der Waals surface area contributed by atoms with E-state index in [0.29, 0.717) is 41.7 Å². The molecule has 2 aliphatic heterocycles. The van der Waals surface area contributed by atoms with Crippen molar-refractivity contribution in [1.29, 1.82) is 0 Å². The van der Waals surface area contributed by atoms with Crippen molar-refractivity contribution in [3.05, 3.63) is 0 Å². The molecule has 0 aromatic rings. The highest BCUT2D eigenvalue weighted by molar-refractivity contribution is 6.20. The molecule has 5 rings (SSSR count). The number of nitrogens with zero attached hydrogens (tertiary/aromatic N) is 2. The second kappa shape index (κ2) is 11.8. The lowest BCUT2D eigenvalue weighted by Gasteiger charge is -2.44. The molecule has 1 amide bonds. The fourth-order valence-corrected chi connectivity index (χ4v) is 7.82. The summed E-state index contributed by atoms with van der Waals surface area (Å²) in [6.07, 6.45) is 15.0. The van der Waals surface area contributed by atoms with Crippen molar-refractivity contribution in [3.63, 3.8) is 0 Å². The van der Waals surface area contributed by atoms with Gasteiger partial charge in [0, 0.05) is 36.7 Å². The molecule has 3 N–H and O–H groups in total. The van der Waals surface area contributed by atoms with Gasteiger partial charge in [-0.05, 0) is 76.5 Å². The van der Waals surface area contributed by atoms with Crippen LogP contribution >= 0.6 is 11.6 Å². The summed E-state index contributed by atoms with van der Waals surface area (Å²) in [7, 11) is 1.85. The average Bonchev–Trinajstić information content (AvgIpc) is 3.21. The zero-order valence-corrected chi connectivity index (χ0v) is 22.4. The van der Waals surface area contributed by atoms with Crippen LogP contribution in [0.3, 0.4) is 0 Å². The monoisotopic (exact) mass is 507 g/mol. The van der Waals surface area contributed by atoms with E-state index in [2.05, 4.69) is 28.0 Å². The number of hydrogen-bond acceptors (Lipinski definition) is 6. The molecule has 5 unspecified atom stereocenters. The second-order valence-corrected chi connectivity index (χ2v) is 12.4. The minimum absolute atomic E-state index is 0.0406. The van der Waals surface area contributed by atoms with Crippen molar-refractivity contribution < 1.29 is 9.53 Å². The van der Waals surface area contributed by atoms with E-state index >= 15 is 0 Å². The van der Waals surface area contributed by atoms with Crippen LogP contribution in [0.4, 0.5) is 0 Å². The number of fused-ring (bicyclic) bond motifs is 3. The molecule has 4 fully saturated rings. The molecule has 35 heavy (non-hydrogen) atoms. The first kappa shape index (κ1) is 25.9. The van der Waals surface area contributed by atoms with Crippen LogP contribution in [0.5, 0.6) is 0 Å². The molecule has 5 aliphatic rings. The largest absolute Gasteiger partial charge is 0.381 e. The van der Waals surface area contributed by atoms with Crippen LogP contribution in [0.25, 0.3) is 0 Å². The summed E-state index contributed by atoms with van der Waals surface area (Å²) < 4.78 is 5.86. The minimum atomic E-state index is -0.0888. The lowest BCUT2D eigenvalue weighted by molar-refractivity contribution is -0.122. The number of carbonyl (C=O) groups excluding carboxylic acids is 1. The number of ether oxygens (including phenoxy) is 1. The highest BCUT2D eigenvalue weighted by Gasteiger charge is 2.50. The van der Waals surface area contributed by atoms with Gasteiger partial charge in [0.2, 0.25) is 5.91 Å². The van der Waals surface area contributed by atoms with E-state index in [1.165, 1.54) is 37.8 Å². The number of carbonyl (C=O) groups is 1. The number of nitrogens with one attached hydrogen (secondary N) is 3. The van der Waals surface area contributed by atoms with Gasteiger partial charge in [-0.25, -0.2) is 10.9 Å². The van der Waals surface area contributed by atoms with Crippen molar-refractivity contribution in [1.82, 2.24) is 21.1 Å². The van der Waals surface area contributed by atoms with E-state index in [1.54, 1.807) is 0 Å². The maximum absolute atomic E-state index is 13.2. The molecule has 6 atom stereocenters. The van der Waals surface area contributed by atoms with Crippen LogP contribution in [0.15, 0.2) is 4.99 Å². The molecule has 0 aromatic heterocycles. The van der Waals surface area contributed by atoms with Crippen molar-refractivity contribution in [2.45, 2.75) is 126 Å². The molecule has 3 saturated carbocycles. The Labute approximate surface area is 216 Å². The number of halogens is 1. The van der Waals surface area contributed by atoms with E-state index in [4.69, 9.17) is 21.3 Å². The highest BCUT2D eigenvalue weighted by Crippen LogP contribution is 2.42. The zero-order valence-electron chi connectivity index (χ0n) is 21.7. The smallest absolute Gasteiger partial charge is 0.222 e. The van der Waals surface area contributed by atoms with E-state index in [9.17, 15) is 4.79 Å². The minimum Gasteiger partial charge on any atom is -0.381 e. The molecule has 0 bridgehead atoms. The second-order valence-electron chi connectivity index (χ2n) is 11.8. The third kappa shape index (κ3) is 5.90. The molecule has 8 heteroatoms. The molecule has 198 valence electrons. The molecule has 1 saturated heterocycles. The van der Waals surface area contributed by atoms with Crippen LogP contribution in [-0.2, 0) is 9.53 Å². The first-order valence-corrected chi connectivity index (χ1v) is 14.8. The standard InChI is InChI=1S/C27H46ClN5O2/c1-17-31-32-27-23(15-25(34)29-16-18-6-4-3-5-7-18)30-26(19-8-10-20(28)11-9-19)22-14-21(35-2)12-13-24(22)33(17)27/h17-24,27,31-32H,3-16H2,1-2H3,(H,29,34)/t17?,19?,20?,21?,22?,23-,24?,27?/m0/s1. The van der Waals surface area contributed by atoms with Crippen molar-refractivity contribution in [3.8, 4) is 0 Å². The van der Waals surface area contributed by atoms with Gasteiger partial charge in [0.25, 0.3) is 0 Å². The average molecular weight is 508 g/mol. The van der Waals surface area contributed by atoms with Crippen LogP contribution in [0.2, 0.25) is 0 Å². The number of hydrazine groups is 1. The molecule has 0 spiro atoms. The number of aliphatic imine (C=N–C) groups is 1. The normalized spacial score (nSPS) is 40.9. The third-order valence-electron chi connectivity index (χ3n) is 9.53. The van der Waals surface area contributed by atoms with Crippen LogP contribution in [0, 0.1) is 17.8 Å². The Kier molecular flexibility index (Phi) is 8.70. The molecule has 3 aliphatic carbocycles. The van der Waals surface area contributed by atoms with E-state index in [-0.39, 0.29) is 24.3 Å². The van der Waals surface area contributed by atoms with E-state index in [1.807, 2.05) is 7.11 Å². The van der Waals surface area contributed by atoms with E-state index < -0.39 is 0 Å². The quantitative estimate of drug-likeness (QED) is 0.474. The third-order valence-corrected chi connectivity index (χ3v) is 9.97. The number of rotatable bonds is 6. The number of methoxy groups -OCH3 is 1. The fraction of sp³-hybridized carbons (Fsp3) is 0.926. The maximum Gasteiger partial charge on any atom is 0.222 e. The number of amides is 1. The van der Waals surface area contributed by atoms with Crippen molar-refractivity contribution in [2.75, 3.05) is 13.7 Å². The van der Waals surface area contributed by atoms with Crippen molar-refractivity contribution >= 4 is 23.2 Å². The van der Waals surface area contributed by atoms with Gasteiger partial charge in [-0.1, -0.05) is 19.3 Å². The first-order chi connectivity index (χ1) is 17.0. The van der Waals surface area contributed by atoms with Crippen LogP contribution < -0.4 is 16.2 Å². The zero-order chi connectivity index (χ0) is 24.4. The predicted molar refractivity (Wildman–Crippen MR) is 140 cm³/mol. The summed E-state index contributed by atoms with van der Waals surface area (Å²) in [5, 5.41) is 3.57. The molecule has 2 heterocycles.